The van der Waals surface area contributed by atoms with Crippen molar-refractivity contribution in [3.05, 3.63) is 24.3 Å². The summed E-state index contributed by atoms with van der Waals surface area (Å²) in [5, 5.41) is 86.5. The minimum atomic E-state index is -1.79. The number of nitrogens with one attached hydrogen (secondary N) is 1. The number of carbonyl (C=O) groups excluding carboxylic acids is 1. The SMILES string of the molecule is CCCC/C=C/CC/C=C/C(O)C(COC1OC(CO)C(OC2OC(CO)C(O)C(O)C2O)C(O)C1O)NC(=O)CCCCCCCCCCCCCCCCCCCCCCCCCC. The molecule has 0 aromatic carbocycles. The van der Waals surface area contributed by atoms with Crippen molar-refractivity contribution in [1.82, 2.24) is 5.32 Å². The second-order valence-corrected chi connectivity index (χ2v) is 19.0. The molecule has 0 radical (unpaired) electrons. The molecule has 9 N–H and O–H groups in total. The monoisotopic (exact) mass is 944 g/mol. The molecule has 2 rings (SSSR count). The summed E-state index contributed by atoms with van der Waals surface area (Å²) in [5.41, 5.74) is 0. The van der Waals surface area contributed by atoms with Crippen LogP contribution in [0.15, 0.2) is 24.3 Å². The molecule has 12 atom stereocenters. The van der Waals surface area contributed by atoms with E-state index >= 15 is 0 Å². The zero-order valence-corrected chi connectivity index (χ0v) is 41.2. The lowest BCUT2D eigenvalue weighted by atomic mass is 9.97. The van der Waals surface area contributed by atoms with Gasteiger partial charge in [0.1, 0.15) is 48.8 Å². The Kier molecular flexibility index (Phi) is 36.0. The Labute approximate surface area is 398 Å². The molecular formula is C52H97NO13. The number of aliphatic hydroxyl groups is 8. The molecule has 14 heteroatoms. The van der Waals surface area contributed by atoms with E-state index in [1.807, 2.05) is 6.08 Å². The minimum absolute atomic E-state index is 0.250. The van der Waals surface area contributed by atoms with Crippen molar-refractivity contribution in [2.24, 2.45) is 0 Å². The molecule has 66 heavy (non-hydrogen) atoms. The number of allylic oxidation sites excluding steroid dienone is 3. The predicted octanol–water partition coefficient (Wildman–Crippen LogP) is 7.33. The highest BCUT2D eigenvalue weighted by atomic mass is 16.7. The molecule has 2 aliphatic rings. The van der Waals surface area contributed by atoms with Gasteiger partial charge in [-0.15, -0.1) is 0 Å². The minimum Gasteiger partial charge on any atom is -0.394 e. The van der Waals surface area contributed by atoms with Crippen LogP contribution in [0, 0.1) is 0 Å². The molecule has 0 aliphatic carbocycles. The van der Waals surface area contributed by atoms with Gasteiger partial charge >= 0.3 is 0 Å². The predicted molar refractivity (Wildman–Crippen MR) is 258 cm³/mol. The number of amides is 1. The highest BCUT2D eigenvalue weighted by Crippen LogP contribution is 2.30. The van der Waals surface area contributed by atoms with Crippen molar-refractivity contribution < 1.29 is 64.6 Å². The Morgan fingerprint density at radius 2 is 0.970 bits per heavy atom. The lowest BCUT2D eigenvalue weighted by molar-refractivity contribution is -0.359. The maximum Gasteiger partial charge on any atom is 0.220 e. The van der Waals surface area contributed by atoms with Crippen LogP contribution < -0.4 is 5.32 Å². The van der Waals surface area contributed by atoms with E-state index in [-0.39, 0.29) is 18.9 Å². The smallest absolute Gasteiger partial charge is 0.220 e. The summed E-state index contributed by atoms with van der Waals surface area (Å²) in [7, 11) is 0. The molecule has 388 valence electrons. The van der Waals surface area contributed by atoms with E-state index in [0.717, 1.165) is 44.9 Å². The van der Waals surface area contributed by atoms with Gasteiger partial charge in [-0.1, -0.05) is 199 Å². The Balaban J connectivity index is 1.70. The molecule has 0 spiro atoms. The maximum atomic E-state index is 13.1. The third-order valence-corrected chi connectivity index (χ3v) is 13.1. The number of aliphatic hydroxyl groups excluding tert-OH is 8. The van der Waals surface area contributed by atoms with Gasteiger partial charge in [-0.3, -0.25) is 4.79 Å². The van der Waals surface area contributed by atoms with E-state index in [1.54, 1.807) is 6.08 Å². The van der Waals surface area contributed by atoms with Gasteiger partial charge in [0.05, 0.1) is 32.0 Å². The standard InChI is InChI=1S/C52H97NO13/c1-3-5-7-9-11-13-14-15-16-17-18-19-20-21-22-23-24-25-26-27-28-30-32-34-36-44(57)53-40(41(56)35-33-31-29-12-10-8-6-4-2)39-63-51-49(62)47(60)50(43(38-55)65-51)66-52-48(61)46(59)45(58)42(37-54)64-52/h10,12,33,35,40-43,45-52,54-56,58-62H,3-9,11,13-32,34,36-39H2,1-2H3,(H,53,57)/b12-10+,35-33+. The van der Waals surface area contributed by atoms with E-state index in [2.05, 4.69) is 31.3 Å². The molecule has 1 amide bonds. The normalized spacial score (nSPS) is 26.9. The first kappa shape index (κ1) is 60.6. The Bertz CT molecular complexity index is 1210. The highest BCUT2D eigenvalue weighted by Gasteiger charge is 2.51. The molecule has 2 aliphatic heterocycles. The van der Waals surface area contributed by atoms with Crippen molar-refractivity contribution in [3.63, 3.8) is 0 Å². The summed E-state index contributed by atoms with van der Waals surface area (Å²) in [4.78, 5) is 13.1. The third-order valence-electron chi connectivity index (χ3n) is 13.1. The van der Waals surface area contributed by atoms with E-state index < -0.39 is 86.8 Å². The lowest BCUT2D eigenvalue weighted by Gasteiger charge is -2.46. The Hall–Kier alpha value is -1.53. The largest absolute Gasteiger partial charge is 0.394 e. The van der Waals surface area contributed by atoms with E-state index in [1.165, 1.54) is 128 Å². The number of carbonyl (C=O) groups is 1. The van der Waals surface area contributed by atoms with Gasteiger partial charge in [0.2, 0.25) is 5.91 Å². The first-order chi connectivity index (χ1) is 32.1. The van der Waals surface area contributed by atoms with Gasteiger partial charge in [0.25, 0.3) is 0 Å². The summed E-state index contributed by atoms with van der Waals surface area (Å²) in [6, 6.07) is -0.924. The summed E-state index contributed by atoms with van der Waals surface area (Å²) < 4.78 is 22.6. The summed E-state index contributed by atoms with van der Waals surface area (Å²) >= 11 is 0. The highest BCUT2D eigenvalue weighted by molar-refractivity contribution is 5.76. The molecular weight excluding hydrogens is 847 g/mol. The lowest BCUT2D eigenvalue weighted by Crippen LogP contribution is -2.65. The molecule has 2 fully saturated rings. The fraction of sp³-hybridized carbons (Fsp3) is 0.904. The van der Waals surface area contributed by atoms with E-state index in [4.69, 9.17) is 18.9 Å². The third kappa shape index (κ3) is 25.9. The first-order valence-corrected chi connectivity index (χ1v) is 26.6. The van der Waals surface area contributed by atoms with E-state index in [9.17, 15) is 45.6 Å². The zero-order chi connectivity index (χ0) is 48.2. The van der Waals surface area contributed by atoms with Gasteiger partial charge in [0, 0.05) is 6.42 Å². The molecule has 0 aromatic rings. The van der Waals surface area contributed by atoms with Crippen LogP contribution in [-0.4, -0.2) is 140 Å². The summed E-state index contributed by atoms with van der Waals surface area (Å²) in [6.07, 6.45) is 26.9. The molecule has 0 bridgehead atoms. The quantitative estimate of drug-likeness (QED) is 0.0216. The number of ether oxygens (including phenoxy) is 4. The van der Waals surface area contributed by atoms with Gasteiger partial charge in [0.15, 0.2) is 12.6 Å². The molecule has 14 nitrogen and oxygen atoms in total. The fourth-order valence-corrected chi connectivity index (χ4v) is 8.76. The van der Waals surface area contributed by atoms with Gasteiger partial charge < -0.3 is 65.1 Å². The second kappa shape index (κ2) is 39.2. The van der Waals surface area contributed by atoms with Crippen LogP contribution in [-0.2, 0) is 23.7 Å². The fourth-order valence-electron chi connectivity index (χ4n) is 8.76. The number of rotatable bonds is 41. The van der Waals surface area contributed by atoms with Crippen LogP contribution in [0.1, 0.15) is 206 Å². The van der Waals surface area contributed by atoms with Crippen molar-refractivity contribution in [1.29, 1.82) is 0 Å². The van der Waals surface area contributed by atoms with Crippen molar-refractivity contribution in [3.8, 4) is 0 Å². The number of unbranched alkanes of at least 4 members (excludes halogenated alkanes) is 26. The molecule has 2 saturated heterocycles. The Morgan fingerprint density at radius 1 is 0.530 bits per heavy atom. The van der Waals surface area contributed by atoms with Crippen molar-refractivity contribution >= 4 is 5.91 Å². The topological polar surface area (TPSA) is 228 Å². The van der Waals surface area contributed by atoms with Crippen LogP contribution in [0.2, 0.25) is 0 Å². The second-order valence-electron chi connectivity index (χ2n) is 19.0. The maximum absolute atomic E-state index is 13.1. The molecule has 0 saturated carbocycles. The van der Waals surface area contributed by atoms with Crippen LogP contribution >= 0.6 is 0 Å². The van der Waals surface area contributed by atoms with Crippen LogP contribution in [0.3, 0.4) is 0 Å². The Morgan fingerprint density at radius 3 is 1.47 bits per heavy atom. The number of hydrogen-bond donors (Lipinski definition) is 9. The molecule has 12 unspecified atom stereocenters. The number of hydrogen-bond acceptors (Lipinski definition) is 13. The average Bonchev–Trinajstić information content (AvgIpc) is 3.31. The van der Waals surface area contributed by atoms with E-state index in [0.29, 0.717) is 12.8 Å². The summed E-state index contributed by atoms with van der Waals surface area (Å²) in [6.45, 7) is 2.70. The van der Waals surface area contributed by atoms with Gasteiger partial charge in [-0.05, 0) is 25.7 Å². The first-order valence-electron chi connectivity index (χ1n) is 26.6. The van der Waals surface area contributed by atoms with Crippen molar-refractivity contribution in [2.75, 3.05) is 19.8 Å². The van der Waals surface area contributed by atoms with Crippen LogP contribution in [0.5, 0.6) is 0 Å². The van der Waals surface area contributed by atoms with Gasteiger partial charge in [-0.25, -0.2) is 0 Å². The van der Waals surface area contributed by atoms with Crippen LogP contribution in [0.25, 0.3) is 0 Å². The average molecular weight is 944 g/mol. The van der Waals surface area contributed by atoms with Crippen molar-refractivity contribution in [2.45, 2.75) is 280 Å². The van der Waals surface area contributed by atoms with Crippen LogP contribution in [0.4, 0.5) is 0 Å². The van der Waals surface area contributed by atoms with Gasteiger partial charge in [-0.2, -0.15) is 0 Å². The zero-order valence-electron chi connectivity index (χ0n) is 41.2. The summed E-state index contributed by atoms with van der Waals surface area (Å²) in [5.74, 6) is -0.250. The molecule has 0 aromatic heterocycles. The molecule has 2 heterocycles.